The van der Waals surface area contributed by atoms with Crippen LogP contribution >= 0.6 is 11.8 Å². The van der Waals surface area contributed by atoms with E-state index in [1.54, 1.807) is 17.8 Å². The summed E-state index contributed by atoms with van der Waals surface area (Å²) in [5.41, 5.74) is 3.46. The van der Waals surface area contributed by atoms with Gasteiger partial charge in [0.25, 0.3) is 0 Å². The van der Waals surface area contributed by atoms with Gasteiger partial charge in [-0.05, 0) is 55.7 Å². The molecule has 2 heterocycles. The summed E-state index contributed by atoms with van der Waals surface area (Å²) < 4.78 is 28.9. The lowest BCUT2D eigenvalue weighted by Crippen LogP contribution is -2.21. The predicted octanol–water partition coefficient (Wildman–Crippen LogP) is 4.76. The van der Waals surface area contributed by atoms with Crippen molar-refractivity contribution in [2.45, 2.75) is 61.4 Å². The van der Waals surface area contributed by atoms with Gasteiger partial charge < -0.3 is 10.4 Å². The van der Waals surface area contributed by atoms with E-state index in [1.165, 1.54) is 25.0 Å². The Morgan fingerprint density at radius 3 is 2.78 bits per heavy atom. The molecule has 3 aliphatic rings. The second-order valence-corrected chi connectivity index (χ2v) is 10.3. The summed E-state index contributed by atoms with van der Waals surface area (Å²) >= 11 is 1.68. The zero-order chi connectivity index (χ0) is 22.0. The van der Waals surface area contributed by atoms with Gasteiger partial charge in [0.15, 0.2) is 28.3 Å². The van der Waals surface area contributed by atoms with Crippen molar-refractivity contribution in [2.75, 3.05) is 11.1 Å². The summed E-state index contributed by atoms with van der Waals surface area (Å²) in [6.07, 6.45) is 4.25. The molecule has 0 aliphatic heterocycles. The Morgan fingerprint density at radius 1 is 1.22 bits per heavy atom. The molecule has 0 saturated heterocycles. The van der Waals surface area contributed by atoms with Crippen LogP contribution in [0.2, 0.25) is 0 Å². The third-order valence-corrected chi connectivity index (χ3v) is 7.81. The van der Waals surface area contributed by atoms with E-state index in [4.69, 9.17) is 9.97 Å². The van der Waals surface area contributed by atoms with Crippen molar-refractivity contribution in [3.63, 3.8) is 0 Å². The fourth-order valence-electron chi connectivity index (χ4n) is 4.57. The summed E-state index contributed by atoms with van der Waals surface area (Å²) in [6, 6.07) is 4.24. The van der Waals surface area contributed by atoms with Gasteiger partial charge in [0, 0.05) is 17.7 Å². The molecule has 9 heteroatoms. The molecule has 4 atom stereocenters. The second kappa shape index (κ2) is 7.59. The van der Waals surface area contributed by atoms with Crippen molar-refractivity contribution < 1.29 is 13.9 Å². The molecule has 4 unspecified atom stereocenters. The number of aromatic nitrogens is 4. The maximum Gasteiger partial charge on any atom is 0.191 e. The maximum atomic E-state index is 13.6. The lowest BCUT2D eigenvalue weighted by atomic mass is 10.1. The van der Waals surface area contributed by atoms with Gasteiger partial charge in [-0.25, -0.2) is 18.7 Å². The molecule has 168 valence electrons. The fourth-order valence-corrected chi connectivity index (χ4v) is 5.60. The van der Waals surface area contributed by atoms with Gasteiger partial charge in [-0.15, -0.1) is 0 Å². The van der Waals surface area contributed by atoms with Crippen molar-refractivity contribution in [1.29, 1.82) is 0 Å². The number of aromatic amines is 1. The monoisotopic (exact) mass is 457 g/mol. The Morgan fingerprint density at radius 2 is 2.06 bits per heavy atom. The van der Waals surface area contributed by atoms with Crippen LogP contribution in [0.5, 0.6) is 0 Å². The number of aliphatic hydroxyl groups is 1. The molecule has 2 aromatic heterocycles. The van der Waals surface area contributed by atoms with Crippen LogP contribution < -0.4 is 5.32 Å². The van der Waals surface area contributed by atoms with Crippen LogP contribution in [-0.2, 0) is 0 Å². The number of thioether (sulfide) groups is 1. The van der Waals surface area contributed by atoms with Gasteiger partial charge >= 0.3 is 0 Å². The molecule has 0 amide bonds. The summed E-state index contributed by atoms with van der Waals surface area (Å²) in [5.74, 6) is 1.00. The molecule has 0 radical (unpaired) electrons. The van der Waals surface area contributed by atoms with Crippen LogP contribution in [0.15, 0.2) is 35.5 Å². The third-order valence-electron chi connectivity index (χ3n) is 6.74. The largest absolute Gasteiger partial charge is 0.393 e. The van der Waals surface area contributed by atoms with Crippen molar-refractivity contribution in [3.05, 3.63) is 47.5 Å². The maximum absolute atomic E-state index is 13.6. The molecule has 3 saturated carbocycles. The average Bonchev–Trinajstić information content (AvgIpc) is 3.65. The first-order valence-electron chi connectivity index (χ1n) is 11.1. The zero-order valence-electron chi connectivity index (χ0n) is 17.5. The van der Waals surface area contributed by atoms with Crippen molar-refractivity contribution in [1.82, 2.24) is 19.7 Å². The van der Waals surface area contributed by atoms with Crippen molar-refractivity contribution in [2.24, 2.45) is 5.92 Å². The van der Waals surface area contributed by atoms with E-state index < -0.39 is 11.6 Å². The minimum absolute atomic E-state index is 0.0115. The van der Waals surface area contributed by atoms with Crippen LogP contribution in [0.1, 0.15) is 49.6 Å². The topological polar surface area (TPSA) is 78.8 Å². The molecule has 3 aromatic rings. The van der Waals surface area contributed by atoms with Crippen molar-refractivity contribution in [3.8, 4) is 0 Å². The van der Waals surface area contributed by atoms with Crippen LogP contribution in [0.25, 0.3) is 11.2 Å². The molecule has 6 nitrogen and oxygen atoms in total. The summed E-state index contributed by atoms with van der Waals surface area (Å²) in [5, 5.41) is 17.6. The highest BCUT2D eigenvalue weighted by molar-refractivity contribution is 7.99. The number of rotatable bonds is 7. The highest BCUT2D eigenvalue weighted by Gasteiger charge is 2.40. The summed E-state index contributed by atoms with van der Waals surface area (Å²) in [6.45, 7) is 4.13. The molecule has 3 fully saturated rings. The normalized spacial score (nSPS) is 27.4. The Labute approximate surface area is 188 Å². The molecular formula is C23H25F2N5OS. The molecule has 6 rings (SSSR count). The van der Waals surface area contributed by atoms with E-state index in [0.717, 1.165) is 51.4 Å². The fraction of sp³-hybridized carbons (Fsp3) is 0.478. The quantitative estimate of drug-likeness (QED) is 0.271. The van der Waals surface area contributed by atoms with Gasteiger partial charge in [-0.2, -0.15) is 0 Å². The van der Waals surface area contributed by atoms with E-state index >= 15 is 0 Å². The number of benzene rings is 1. The first-order valence-corrected chi connectivity index (χ1v) is 12.1. The SMILES string of the molecule is C=C1CC(O)CC1n1[nH]c2c(NC3CC3c3ccc(F)c(F)c3)nc(SCC3CC3)nc21. The highest BCUT2D eigenvalue weighted by atomic mass is 32.2. The molecule has 1 aromatic carbocycles. The number of aliphatic hydroxyl groups excluding tert-OH is 1. The van der Waals surface area contributed by atoms with Gasteiger partial charge in [-0.1, -0.05) is 30.0 Å². The molecule has 0 spiro atoms. The predicted molar refractivity (Wildman–Crippen MR) is 120 cm³/mol. The van der Waals surface area contributed by atoms with Crippen LogP contribution in [0.4, 0.5) is 14.6 Å². The number of hydrogen-bond donors (Lipinski definition) is 3. The lowest BCUT2D eigenvalue weighted by Gasteiger charge is -2.24. The Hall–Kier alpha value is -2.39. The molecule has 32 heavy (non-hydrogen) atoms. The van der Waals surface area contributed by atoms with E-state index in [0.29, 0.717) is 12.8 Å². The third kappa shape index (κ3) is 3.71. The van der Waals surface area contributed by atoms with Crippen LogP contribution in [-0.4, -0.2) is 42.8 Å². The number of nitrogens with one attached hydrogen (secondary N) is 2. The van der Waals surface area contributed by atoms with Crippen LogP contribution in [0.3, 0.4) is 0 Å². The Kier molecular flexibility index (Phi) is 4.80. The highest BCUT2D eigenvalue weighted by Crippen LogP contribution is 2.45. The number of hydrogen-bond acceptors (Lipinski definition) is 5. The van der Waals surface area contributed by atoms with E-state index in [2.05, 4.69) is 17.0 Å². The zero-order valence-corrected chi connectivity index (χ0v) is 18.3. The lowest BCUT2D eigenvalue weighted by molar-refractivity contribution is 0.178. The summed E-state index contributed by atoms with van der Waals surface area (Å²) in [4.78, 5) is 9.56. The second-order valence-electron chi connectivity index (χ2n) is 9.32. The smallest absolute Gasteiger partial charge is 0.191 e. The van der Waals surface area contributed by atoms with Gasteiger partial charge in [0.1, 0.15) is 5.52 Å². The minimum Gasteiger partial charge on any atom is -0.393 e. The van der Waals surface area contributed by atoms with Crippen LogP contribution in [0, 0.1) is 17.6 Å². The van der Waals surface area contributed by atoms with E-state index in [1.807, 2.05) is 4.68 Å². The van der Waals surface area contributed by atoms with Gasteiger partial charge in [0.05, 0.1) is 12.1 Å². The number of halogens is 2. The number of anilines is 1. The minimum atomic E-state index is -0.823. The molecule has 3 N–H and O–H groups in total. The van der Waals surface area contributed by atoms with E-state index in [-0.39, 0.29) is 24.1 Å². The molecule has 0 bridgehead atoms. The van der Waals surface area contributed by atoms with Gasteiger partial charge in [0.2, 0.25) is 0 Å². The van der Waals surface area contributed by atoms with Crippen molar-refractivity contribution >= 4 is 28.7 Å². The Balaban J connectivity index is 1.26. The average molecular weight is 458 g/mol. The number of nitrogens with zero attached hydrogens (tertiary/aromatic N) is 3. The Bertz CT molecular complexity index is 1200. The number of H-pyrrole nitrogens is 1. The van der Waals surface area contributed by atoms with Gasteiger partial charge in [-0.3, -0.25) is 9.78 Å². The molecule has 3 aliphatic carbocycles. The standard InChI is InChI=1S/C23H25F2N5OS/c1-11-6-14(31)8-19(11)30-22-20(29-30)21(27-23(28-22)32-10-12-2-3-12)26-18-9-15(18)13-4-5-16(24)17(25)7-13/h4-5,7,12,14-15,18-19,29,31H,1-3,6,8-10H2,(H,26,27,28). The first-order chi connectivity index (χ1) is 15.5. The number of fused-ring (bicyclic) bond motifs is 1. The summed E-state index contributed by atoms with van der Waals surface area (Å²) in [7, 11) is 0. The first kappa shape index (κ1) is 20.2. The van der Waals surface area contributed by atoms with E-state index in [9.17, 15) is 13.9 Å². The molecular weight excluding hydrogens is 432 g/mol.